The predicted molar refractivity (Wildman–Crippen MR) is 275 cm³/mol. The fourth-order valence-electron chi connectivity index (χ4n) is 7.92. The first-order valence-electron chi connectivity index (χ1n) is 27.6. The molecular weight excluding hydrogens is 793 g/mol. The zero-order valence-electron chi connectivity index (χ0n) is 42.6. The lowest BCUT2D eigenvalue weighted by molar-refractivity contribution is -0.167. The second kappa shape index (κ2) is 53.0. The molecule has 0 radical (unpaired) electrons. The zero-order chi connectivity index (χ0) is 46.5. The predicted octanol–water partition coefficient (Wildman–Crippen LogP) is 18.3. The van der Waals surface area contributed by atoms with Crippen molar-refractivity contribution in [1.82, 2.24) is 0 Å². The molecule has 0 saturated heterocycles. The maximum Gasteiger partial charge on any atom is 0.306 e. The average Bonchev–Trinajstić information content (AvgIpc) is 3.29. The van der Waals surface area contributed by atoms with Gasteiger partial charge in [0.1, 0.15) is 13.2 Å². The average molecular weight is 897 g/mol. The van der Waals surface area contributed by atoms with Crippen molar-refractivity contribution >= 4 is 17.9 Å². The van der Waals surface area contributed by atoms with Gasteiger partial charge in [-0.3, -0.25) is 14.4 Å². The number of unbranched alkanes of at least 4 members (excludes halogenated alkanes) is 31. The van der Waals surface area contributed by atoms with Crippen molar-refractivity contribution in [3.63, 3.8) is 0 Å². The Morgan fingerprint density at radius 1 is 0.328 bits per heavy atom. The van der Waals surface area contributed by atoms with Gasteiger partial charge in [0.25, 0.3) is 0 Å². The first kappa shape index (κ1) is 61.4. The maximum absolute atomic E-state index is 12.8. The summed E-state index contributed by atoms with van der Waals surface area (Å²) in [6, 6.07) is 0. The Morgan fingerprint density at radius 2 is 0.609 bits per heavy atom. The lowest BCUT2D eigenvalue weighted by atomic mass is 10.0. The van der Waals surface area contributed by atoms with Crippen LogP contribution in [0, 0.1) is 0 Å². The summed E-state index contributed by atoms with van der Waals surface area (Å²) in [6.45, 7) is 6.52. The van der Waals surface area contributed by atoms with E-state index in [1.54, 1.807) is 0 Å². The van der Waals surface area contributed by atoms with Gasteiger partial charge < -0.3 is 14.2 Å². The molecule has 0 aromatic heterocycles. The molecule has 0 saturated carbocycles. The zero-order valence-corrected chi connectivity index (χ0v) is 42.6. The van der Waals surface area contributed by atoms with Crippen LogP contribution in [-0.2, 0) is 28.6 Å². The molecule has 64 heavy (non-hydrogen) atoms. The van der Waals surface area contributed by atoms with Crippen molar-refractivity contribution in [3.8, 4) is 0 Å². The van der Waals surface area contributed by atoms with E-state index < -0.39 is 6.10 Å². The summed E-state index contributed by atoms with van der Waals surface area (Å²) in [4.78, 5) is 38.1. The van der Waals surface area contributed by atoms with Crippen LogP contribution in [0.3, 0.4) is 0 Å². The first-order chi connectivity index (χ1) is 31.5. The topological polar surface area (TPSA) is 78.9 Å². The van der Waals surface area contributed by atoms with E-state index in [-0.39, 0.29) is 31.1 Å². The van der Waals surface area contributed by atoms with Gasteiger partial charge in [-0.25, -0.2) is 0 Å². The highest BCUT2D eigenvalue weighted by Crippen LogP contribution is 2.16. The van der Waals surface area contributed by atoms with Gasteiger partial charge in [-0.2, -0.15) is 0 Å². The third-order valence-electron chi connectivity index (χ3n) is 12.1. The van der Waals surface area contributed by atoms with Gasteiger partial charge >= 0.3 is 17.9 Å². The van der Waals surface area contributed by atoms with Gasteiger partial charge in [-0.1, -0.05) is 236 Å². The number of rotatable bonds is 50. The van der Waals surface area contributed by atoms with Gasteiger partial charge in [-0.15, -0.1) is 0 Å². The van der Waals surface area contributed by atoms with Crippen LogP contribution in [-0.4, -0.2) is 37.2 Å². The minimum atomic E-state index is -0.775. The molecule has 1 atom stereocenters. The maximum atomic E-state index is 12.8. The number of hydrogen-bond donors (Lipinski definition) is 0. The highest BCUT2D eigenvalue weighted by molar-refractivity contribution is 5.71. The number of carbonyl (C=O) groups is 3. The molecular formula is C58H104O6. The largest absolute Gasteiger partial charge is 0.462 e. The quantitative estimate of drug-likeness (QED) is 0.0262. The summed E-state index contributed by atoms with van der Waals surface area (Å²) < 4.78 is 16.8. The van der Waals surface area contributed by atoms with Gasteiger partial charge in [0.05, 0.1) is 0 Å². The molecule has 0 aliphatic heterocycles. The minimum absolute atomic E-state index is 0.0759. The summed E-state index contributed by atoms with van der Waals surface area (Å²) in [6.07, 6.45) is 63.8. The molecule has 6 heteroatoms. The molecule has 0 aromatic carbocycles. The highest BCUT2D eigenvalue weighted by atomic mass is 16.6. The number of esters is 3. The van der Waals surface area contributed by atoms with E-state index in [1.165, 1.54) is 161 Å². The van der Waals surface area contributed by atoms with Crippen LogP contribution in [0.4, 0.5) is 0 Å². The van der Waals surface area contributed by atoms with Crippen molar-refractivity contribution < 1.29 is 28.6 Å². The van der Waals surface area contributed by atoms with Crippen LogP contribution in [0.15, 0.2) is 48.6 Å². The molecule has 0 rings (SSSR count). The van der Waals surface area contributed by atoms with Crippen molar-refractivity contribution in [2.45, 2.75) is 290 Å². The van der Waals surface area contributed by atoms with E-state index in [0.29, 0.717) is 19.3 Å². The van der Waals surface area contributed by atoms with Crippen LogP contribution < -0.4 is 0 Å². The van der Waals surface area contributed by atoms with Gasteiger partial charge in [0, 0.05) is 19.3 Å². The third-order valence-corrected chi connectivity index (χ3v) is 12.1. The van der Waals surface area contributed by atoms with Crippen molar-refractivity contribution in [2.75, 3.05) is 13.2 Å². The summed E-state index contributed by atoms with van der Waals surface area (Å²) >= 11 is 0. The summed E-state index contributed by atoms with van der Waals surface area (Å²) in [7, 11) is 0. The Hall–Kier alpha value is -2.63. The van der Waals surface area contributed by atoms with Crippen LogP contribution in [0.5, 0.6) is 0 Å². The first-order valence-corrected chi connectivity index (χ1v) is 27.6. The molecule has 0 aliphatic carbocycles. The fraction of sp³-hybridized carbons (Fsp3) is 0.810. The lowest BCUT2D eigenvalue weighted by Gasteiger charge is -2.18. The summed E-state index contributed by atoms with van der Waals surface area (Å²) in [5, 5.41) is 0. The van der Waals surface area contributed by atoms with Crippen LogP contribution in [0.1, 0.15) is 284 Å². The molecule has 1 unspecified atom stereocenters. The standard InChI is InChI=1S/C58H104O6/c1-4-7-10-13-16-19-22-25-27-28-29-30-32-33-36-39-42-45-48-51-57(60)63-54-55(53-62-56(59)50-47-44-41-38-35-24-21-18-15-12-9-6-3)64-58(61)52-49-46-43-40-37-34-31-26-23-20-17-14-11-8-5-2/h7,10,16,18-19,21,25,27,55H,4-6,8-9,11-15,17,20,22-24,26,28-54H2,1-3H3/b10-7-,19-16-,21-18-,27-25-. The molecule has 0 heterocycles. The Balaban J connectivity index is 4.33. The van der Waals surface area contributed by atoms with E-state index >= 15 is 0 Å². The van der Waals surface area contributed by atoms with E-state index in [4.69, 9.17) is 14.2 Å². The molecule has 0 aliphatic rings. The van der Waals surface area contributed by atoms with Gasteiger partial charge in [-0.05, 0) is 77.0 Å². The number of ether oxygens (including phenoxy) is 3. The molecule has 0 spiro atoms. The number of carbonyl (C=O) groups excluding carboxylic acids is 3. The third kappa shape index (κ3) is 50.4. The van der Waals surface area contributed by atoms with Crippen LogP contribution >= 0.6 is 0 Å². The second-order valence-corrected chi connectivity index (χ2v) is 18.5. The van der Waals surface area contributed by atoms with Gasteiger partial charge in [0.2, 0.25) is 0 Å². The highest BCUT2D eigenvalue weighted by Gasteiger charge is 2.19. The molecule has 0 aromatic rings. The van der Waals surface area contributed by atoms with Crippen molar-refractivity contribution in [1.29, 1.82) is 0 Å². The molecule has 0 amide bonds. The summed E-state index contributed by atoms with van der Waals surface area (Å²) in [5.74, 6) is -0.878. The van der Waals surface area contributed by atoms with E-state index in [1.807, 2.05) is 0 Å². The van der Waals surface area contributed by atoms with E-state index in [9.17, 15) is 14.4 Å². The molecule has 6 nitrogen and oxygen atoms in total. The Labute approximate surface area is 397 Å². The fourth-order valence-corrected chi connectivity index (χ4v) is 7.92. The van der Waals surface area contributed by atoms with Crippen molar-refractivity contribution in [2.24, 2.45) is 0 Å². The lowest BCUT2D eigenvalue weighted by Crippen LogP contribution is -2.30. The Morgan fingerprint density at radius 3 is 1.00 bits per heavy atom. The van der Waals surface area contributed by atoms with E-state index in [2.05, 4.69) is 69.4 Å². The number of hydrogen-bond acceptors (Lipinski definition) is 6. The smallest absolute Gasteiger partial charge is 0.306 e. The minimum Gasteiger partial charge on any atom is -0.462 e. The van der Waals surface area contributed by atoms with Crippen molar-refractivity contribution in [3.05, 3.63) is 48.6 Å². The summed E-state index contributed by atoms with van der Waals surface area (Å²) in [5.41, 5.74) is 0. The second-order valence-electron chi connectivity index (χ2n) is 18.5. The number of allylic oxidation sites excluding steroid dienone is 8. The van der Waals surface area contributed by atoms with Crippen LogP contribution in [0.2, 0.25) is 0 Å². The molecule has 0 fully saturated rings. The van der Waals surface area contributed by atoms with E-state index in [0.717, 1.165) is 83.5 Å². The normalized spacial score (nSPS) is 12.4. The monoisotopic (exact) mass is 897 g/mol. The Bertz CT molecular complexity index is 1120. The Kier molecular flexibility index (Phi) is 50.8. The van der Waals surface area contributed by atoms with Gasteiger partial charge in [0.15, 0.2) is 6.10 Å². The SMILES string of the molecule is CC/C=C\C/C=C\C/C=C\CCCCCCCCCCCC(=O)OCC(COC(=O)CCCCCCC/C=C\CCCCC)OC(=O)CCCCCCCCCCCCCCCCC. The van der Waals surface area contributed by atoms with Crippen LogP contribution in [0.25, 0.3) is 0 Å². The molecule has 0 bridgehead atoms. The molecule has 0 N–H and O–H groups in total. The molecule has 372 valence electrons.